The van der Waals surface area contributed by atoms with Crippen LogP contribution in [0.1, 0.15) is 40.1 Å². The van der Waals surface area contributed by atoms with Crippen LogP contribution >= 0.6 is 34.8 Å². The highest BCUT2D eigenvalue weighted by molar-refractivity contribution is 7.92. The summed E-state index contributed by atoms with van der Waals surface area (Å²) >= 11 is 16.2. The molecule has 0 aliphatic carbocycles. The van der Waals surface area contributed by atoms with Crippen molar-refractivity contribution in [3.05, 3.63) is 92.4 Å². The van der Waals surface area contributed by atoms with E-state index in [2.05, 4.69) is 4.90 Å². The minimum atomic E-state index is -4.74. The zero-order valence-corrected chi connectivity index (χ0v) is 24.4. The van der Waals surface area contributed by atoms with Gasteiger partial charge < -0.3 is 14.4 Å². The number of amides is 1. The van der Waals surface area contributed by atoms with Gasteiger partial charge in [-0.2, -0.15) is 13.2 Å². The van der Waals surface area contributed by atoms with Gasteiger partial charge in [-0.1, -0.05) is 40.9 Å². The smallest absolute Gasteiger partial charge is 0.417 e. The number of ketones is 1. The molecular weight excluding hydrogens is 608 g/mol. The minimum absolute atomic E-state index is 0.00448. The molecule has 1 fully saturated rings. The molecule has 3 aromatic carbocycles. The molecule has 0 radical (unpaired) electrons. The first-order valence-electron chi connectivity index (χ1n) is 12.2. The first-order chi connectivity index (χ1) is 18.8. The maximum Gasteiger partial charge on any atom is 0.417 e. The van der Waals surface area contributed by atoms with Crippen LogP contribution in [-0.4, -0.2) is 52.1 Å². The van der Waals surface area contributed by atoms with Gasteiger partial charge in [-0.25, -0.2) is 0 Å². The van der Waals surface area contributed by atoms with Crippen molar-refractivity contribution in [2.24, 2.45) is 0 Å². The molecule has 0 aromatic heterocycles. The van der Waals surface area contributed by atoms with Gasteiger partial charge in [-0.05, 0) is 79.6 Å². The highest BCUT2D eigenvalue weighted by atomic mass is 35.5. The van der Waals surface area contributed by atoms with Crippen LogP contribution in [0.3, 0.4) is 0 Å². The number of alkyl halides is 3. The molecular formula is C28H24Cl3F3N2O3S. The van der Waals surface area contributed by atoms with Crippen molar-refractivity contribution in [2.75, 3.05) is 23.7 Å². The molecule has 1 aliphatic heterocycles. The van der Waals surface area contributed by atoms with Gasteiger partial charge >= 0.3 is 6.18 Å². The number of piperazine rings is 1. The lowest BCUT2D eigenvalue weighted by Gasteiger charge is -2.46. The van der Waals surface area contributed by atoms with Crippen LogP contribution in [0, 0.1) is 0 Å². The van der Waals surface area contributed by atoms with Crippen molar-refractivity contribution in [3.63, 3.8) is 0 Å². The standard InChI is InChI=1S/C28H24Cl3F3N2O3S/c1-16-17(2)36(11-10-35(16)21-5-3-4-20(29)14-21)27(38)19-7-9-26(24(31)13-19)40(39)15-25(37)18-6-8-23(30)22(12-18)28(32,33)34/h3-9,12-14,16-17H,10-11,15H2,1-2H3/t16-,17-,40?/m0/s1. The third kappa shape index (κ3) is 6.55. The Hall–Kier alpha value is -2.43. The quantitative estimate of drug-likeness (QED) is 0.210. The van der Waals surface area contributed by atoms with Crippen molar-refractivity contribution in [3.8, 4) is 0 Å². The van der Waals surface area contributed by atoms with Gasteiger partial charge in [0.2, 0.25) is 5.78 Å². The zero-order chi connectivity index (χ0) is 29.4. The number of Topliss-reactive ketones (excluding diaryl/α,β-unsaturated/α-hetero) is 1. The zero-order valence-electron chi connectivity index (χ0n) is 21.3. The van der Waals surface area contributed by atoms with Gasteiger partial charge in [0.25, 0.3) is 5.91 Å². The number of rotatable bonds is 6. The van der Waals surface area contributed by atoms with Gasteiger partial charge in [0.05, 0.1) is 15.6 Å². The van der Waals surface area contributed by atoms with Crippen molar-refractivity contribution in [1.82, 2.24) is 4.90 Å². The van der Waals surface area contributed by atoms with E-state index in [-0.39, 0.29) is 33.5 Å². The Balaban J connectivity index is 1.46. The van der Waals surface area contributed by atoms with Crippen LogP contribution in [0.25, 0.3) is 0 Å². The fraction of sp³-hybridized carbons (Fsp3) is 0.286. The molecule has 5 nitrogen and oxygen atoms in total. The van der Waals surface area contributed by atoms with E-state index in [9.17, 15) is 27.3 Å². The van der Waals surface area contributed by atoms with E-state index < -0.39 is 39.5 Å². The lowest BCUT2D eigenvalue weighted by Crippen LogP contribution is -2.59. The SMILES string of the molecule is C[C@H]1[C@H](C)N(c2cccc(Cl)c2)CCN1C(=O)c1ccc([S+]([O-])CC(=O)c2ccc(Cl)c(C(F)(F)F)c2)c(Cl)c1. The summed E-state index contributed by atoms with van der Waals surface area (Å²) in [5.41, 5.74) is -0.159. The maximum absolute atomic E-state index is 13.4. The number of hydrogen-bond acceptors (Lipinski definition) is 4. The van der Waals surface area contributed by atoms with E-state index in [0.29, 0.717) is 29.7 Å². The van der Waals surface area contributed by atoms with Gasteiger partial charge in [-0.3, -0.25) is 9.59 Å². The predicted molar refractivity (Wildman–Crippen MR) is 152 cm³/mol. The molecule has 212 valence electrons. The van der Waals surface area contributed by atoms with Gasteiger partial charge in [0.15, 0.2) is 10.6 Å². The Labute approximate surface area is 248 Å². The molecule has 12 heteroatoms. The van der Waals surface area contributed by atoms with E-state index in [0.717, 1.165) is 17.8 Å². The second-order valence-electron chi connectivity index (χ2n) is 9.40. The van der Waals surface area contributed by atoms with Crippen LogP contribution in [0.2, 0.25) is 15.1 Å². The molecule has 3 aromatic rings. The summed E-state index contributed by atoms with van der Waals surface area (Å²) in [4.78, 5) is 30.0. The van der Waals surface area contributed by atoms with E-state index in [1.54, 1.807) is 11.0 Å². The van der Waals surface area contributed by atoms with Gasteiger partial charge in [0, 0.05) is 47.0 Å². The second kappa shape index (κ2) is 12.2. The lowest BCUT2D eigenvalue weighted by molar-refractivity contribution is -0.137. The summed E-state index contributed by atoms with van der Waals surface area (Å²) in [5.74, 6) is -1.61. The summed E-state index contributed by atoms with van der Waals surface area (Å²) in [6, 6.07) is 14.4. The predicted octanol–water partition coefficient (Wildman–Crippen LogP) is 7.40. The van der Waals surface area contributed by atoms with E-state index in [1.165, 1.54) is 18.2 Å². The Kier molecular flexibility index (Phi) is 9.31. The number of carbonyl (C=O) groups excluding carboxylic acids is 2. The van der Waals surface area contributed by atoms with Crippen LogP contribution in [0.5, 0.6) is 0 Å². The average molecular weight is 632 g/mol. The summed E-state index contributed by atoms with van der Waals surface area (Å²) < 4.78 is 52.4. The second-order valence-corrected chi connectivity index (χ2v) is 12.1. The van der Waals surface area contributed by atoms with Crippen LogP contribution < -0.4 is 4.90 Å². The van der Waals surface area contributed by atoms with E-state index >= 15 is 0 Å². The monoisotopic (exact) mass is 630 g/mol. The molecule has 3 atom stereocenters. The Bertz CT molecular complexity index is 1440. The number of anilines is 1. The first kappa shape index (κ1) is 30.5. The molecule has 1 amide bonds. The fourth-order valence-corrected chi connectivity index (χ4v) is 6.53. The molecule has 40 heavy (non-hydrogen) atoms. The number of nitrogens with zero attached hydrogens (tertiary/aromatic N) is 2. The fourth-order valence-electron chi connectivity index (χ4n) is 4.63. The molecule has 0 spiro atoms. The Morgan fingerprint density at radius 3 is 2.27 bits per heavy atom. The van der Waals surface area contributed by atoms with Crippen molar-refractivity contribution >= 4 is 63.4 Å². The largest absolute Gasteiger partial charge is 0.611 e. The summed E-state index contributed by atoms with van der Waals surface area (Å²) in [6.07, 6.45) is -4.74. The molecule has 0 saturated carbocycles. The summed E-state index contributed by atoms with van der Waals surface area (Å²) in [6.45, 7) is 5.03. The Morgan fingerprint density at radius 1 is 0.925 bits per heavy atom. The molecule has 0 N–H and O–H groups in total. The number of halogens is 6. The van der Waals surface area contributed by atoms with Gasteiger partial charge in [-0.15, -0.1) is 0 Å². The molecule has 1 heterocycles. The molecule has 1 saturated heterocycles. The number of carbonyl (C=O) groups is 2. The summed E-state index contributed by atoms with van der Waals surface area (Å²) in [7, 11) is 0. The van der Waals surface area contributed by atoms with Crippen LogP contribution in [-0.2, 0) is 17.4 Å². The Morgan fingerprint density at radius 2 is 1.62 bits per heavy atom. The maximum atomic E-state index is 13.4. The number of benzene rings is 3. The molecule has 1 aliphatic rings. The van der Waals surface area contributed by atoms with Crippen molar-refractivity contribution < 1.29 is 27.3 Å². The third-order valence-electron chi connectivity index (χ3n) is 6.94. The van der Waals surface area contributed by atoms with Gasteiger partial charge in [0.1, 0.15) is 0 Å². The highest BCUT2D eigenvalue weighted by Crippen LogP contribution is 2.35. The lowest BCUT2D eigenvalue weighted by atomic mass is 10.0. The molecule has 0 bridgehead atoms. The van der Waals surface area contributed by atoms with E-state index in [1.807, 2.05) is 32.0 Å². The molecule has 1 unspecified atom stereocenters. The van der Waals surface area contributed by atoms with E-state index in [4.69, 9.17) is 34.8 Å². The summed E-state index contributed by atoms with van der Waals surface area (Å²) in [5, 5.41) is 0.106. The molecule has 4 rings (SSSR count). The number of hydrogen-bond donors (Lipinski definition) is 0. The first-order valence-corrected chi connectivity index (χ1v) is 14.6. The highest BCUT2D eigenvalue weighted by Gasteiger charge is 2.36. The minimum Gasteiger partial charge on any atom is -0.611 e. The van der Waals surface area contributed by atoms with Crippen LogP contribution in [0.4, 0.5) is 18.9 Å². The third-order valence-corrected chi connectivity index (χ3v) is 9.30. The van der Waals surface area contributed by atoms with Crippen molar-refractivity contribution in [2.45, 2.75) is 37.0 Å². The normalized spacial score (nSPS) is 18.5. The average Bonchev–Trinajstić information content (AvgIpc) is 2.89. The van der Waals surface area contributed by atoms with Crippen molar-refractivity contribution in [1.29, 1.82) is 0 Å². The topological polar surface area (TPSA) is 63.7 Å². The van der Waals surface area contributed by atoms with Crippen LogP contribution in [0.15, 0.2) is 65.6 Å².